The number of hydrogen-bond acceptors (Lipinski definition) is 5. The number of piperidine rings is 1. The standard InChI is InChI=1S/C16H23N3OS/c1-18(2)13-6-7-15-14(12-13)17-16(21-15)20-11-10-19-8-4-3-5-9-19/h6-7,12H,3-5,8-11H2,1-2H3. The van der Waals surface area contributed by atoms with Crippen molar-refractivity contribution in [2.45, 2.75) is 19.3 Å². The Morgan fingerprint density at radius 1 is 1.24 bits per heavy atom. The molecule has 2 heterocycles. The first-order valence-electron chi connectivity index (χ1n) is 7.65. The van der Waals surface area contributed by atoms with Crippen LogP contribution >= 0.6 is 11.3 Å². The van der Waals surface area contributed by atoms with E-state index in [2.05, 4.69) is 33.0 Å². The molecule has 1 aromatic carbocycles. The van der Waals surface area contributed by atoms with Crippen molar-refractivity contribution in [2.75, 3.05) is 45.2 Å². The molecule has 0 aliphatic carbocycles. The van der Waals surface area contributed by atoms with Gasteiger partial charge in [0, 0.05) is 26.3 Å². The van der Waals surface area contributed by atoms with E-state index in [9.17, 15) is 0 Å². The molecule has 1 aliphatic rings. The van der Waals surface area contributed by atoms with Crippen LogP contribution in [0.15, 0.2) is 18.2 Å². The molecule has 3 rings (SSSR count). The number of likely N-dealkylation sites (tertiary alicyclic amines) is 1. The summed E-state index contributed by atoms with van der Waals surface area (Å²) in [5.41, 5.74) is 2.20. The lowest BCUT2D eigenvalue weighted by Crippen LogP contribution is -2.33. The van der Waals surface area contributed by atoms with Gasteiger partial charge < -0.3 is 9.64 Å². The highest BCUT2D eigenvalue weighted by Gasteiger charge is 2.11. The Hall–Kier alpha value is -1.33. The van der Waals surface area contributed by atoms with Crippen molar-refractivity contribution in [3.63, 3.8) is 0 Å². The minimum absolute atomic E-state index is 0.736. The smallest absolute Gasteiger partial charge is 0.274 e. The van der Waals surface area contributed by atoms with E-state index >= 15 is 0 Å². The first kappa shape index (κ1) is 14.6. The summed E-state index contributed by atoms with van der Waals surface area (Å²) in [5.74, 6) is 0. The van der Waals surface area contributed by atoms with Crippen molar-refractivity contribution in [2.24, 2.45) is 0 Å². The maximum atomic E-state index is 5.85. The third-order valence-electron chi connectivity index (χ3n) is 3.95. The molecule has 21 heavy (non-hydrogen) atoms. The van der Waals surface area contributed by atoms with Gasteiger partial charge >= 0.3 is 0 Å². The Morgan fingerprint density at radius 3 is 2.81 bits per heavy atom. The minimum atomic E-state index is 0.736. The van der Waals surface area contributed by atoms with Crippen molar-refractivity contribution < 1.29 is 4.74 Å². The van der Waals surface area contributed by atoms with Crippen LogP contribution in [0, 0.1) is 0 Å². The lowest BCUT2D eigenvalue weighted by atomic mass is 10.1. The van der Waals surface area contributed by atoms with E-state index in [0.717, 1.165) is 23.9 Å². The number of hydrogen-bond donors (Lipinski definition) is 0. The van der Waals surface area contributed by atoms with Crippen LogP contribution in [-0.2, 0) is 0 Å². The van der Waals surface area contributed by atoms with Crippen LogP contribution in [0.5, 0.6) is 5.19 Å². The quantitative estimate of drug-likeness (QED) is 0.848. The van der Waals surface area contributed by atoms with E-state index in [1.54, 1.807) is 11.3 Å². The Labute approximate surface area is 130 Å². The third kappa shape index (κ3) is 3.66. The van der Waals surface area contributed by atoms with Gasteiger partial charge in [0.25, 0.3) is 5.19 Å². The number of anilines is 1. The van der Waals surface area contributed by atoms with Gasteiger partial charge in [0.05, 0.1) is 10.2 Å². The largest absolute Gasteiger partial charge is 0.469 e. The molecule has 1 fully saturated rings. The second kappa shape index (κ2) is 6.62. The van der Waals surface area contributed by atoms with E-state index in [1.807, 2.05) is 14.1 Å². The van der Waals surface area contributed by atoms with Crippen molar-refractivity contribution >= 4 is 27.2 Å². The molecule has 0 saturated carbocycles. The molecule has 4 nitrogen and oxygen atoms in total. The van der Waals surface area contributed by atoms with Crippen LogP contribution in [0.4, 0.5) is 5.69 Å². The normalized spacial score (nSPS) is 16.3. The van der Waals surface area contributed by atoms with Gasteiger partial charge in [-0.3, -0.25) is 4.90 Å². The zero-order chi connectivity index (χ0) is 14.7. The molecule has 1 aromatic heterocycles. The average molecular weight is 305 g/mol. The molecular weight excluding hydrogens is 282 g/mol. The van der Waals surface area contributed by atoms with Crippen molar-refractivity contribution in [1.82, 2.24) is 9.88 Å². The van der Waals surface area contributed by atoms with Crippen LogP contribution in [0.1, 0.15) is 19.3 Å². The van der Waals surface area contributed by atoms with E-state index in [0.29, 0.717) is 0 Å². The Kier molecular flexibility index (Phi) is 4.60. The summed E-state index contributed by atoms with van der Waals surface area (Å²) in [6.07, 6.45) is 4.03. The highest BCUT2D eigenvalue weighted by atomic mass is 32.1. The Balaban J connectivity index is 1.59. The topological polar surface area (TPSA) is 28.6 Å². The summed E-state index contributed by atoms with van der Waals surface area (Å²) in [6.45, 7) is 4.18. The number of benzene rings is 1. The summed E-state index contributed by atoms with van der Waals surface area (Å²) >= 11 is 1.63. The van der Waals surface area contributed by atoms with Crippen LogP contribution in [0.3, 0.4) is 0 Å². The molecule has 0 N–H and O–H groups in total. The van der Waals surface area contributed by atoms with E-state index in [4.69, 9.17) is 4.74 Å². The summed E-state index contributed by atoms with van der Waals surface area (Å²) in [5, 5.41) is 0.790. The highest BCUT2D eigenvalue weighted by molar-refractivity contribution is 7.20. The van der Waals surface area contributed by atoms with E-state index in [1.165, 1.54) is 42.7 Å². The van der Waals surface area contributed by atoms with Crippen molar-refractivity contribution in [3.8, 4) is 5.19 Å². The lowest BCUT2D eigenvalue weighted by Gasteiger charge is -2.25. The average Bonchev–Trinajstić information content (AvgIpc) is 2.90. The van der Waals surface area contributed by atoms with Gasteiger partial charge in [0.1, 0.15) is 6.61 Å². The van der Waals surface area contributed by atoms with Gasteiger partial charge in [0.2, 0.25) is 0 Å². The van der Waals surface area contributed by atoms with Crippen LogP contribution < -0.4 is 9.64 Å². The molecule has 1 aliphatic heterocycles. The number of ether oxygens (including phenoxy) is 1. The molecule has 0 atom stereocenters. The molecule has 2 aromatic rings. The molecule has 0 bridgehead atoms. The molecule has 0 unspecified atom stereocenters. The minimum Gasteiger partial charge on any atom is -0.469 e. The molecular formula is C16H23N3OS. The summed E-state index contributed by atoms with van der Waals surface area (Å²) < 4.78 is 7.03. The fourth-order valence-electron chi connectivity index (χ4n) is 2.68. The lowest BCUT2D eigenvalue weighted by molar-refractivity contribution is 0.183. The first-order valence-corrected chi connectivity index (χ1v) is 8.47. The number of aromatic nitrogens is 1. The van der Waals surface area contributed by atoms with Crippen LogP contribution in [0.2, 0.25) is 0 Å². The molecule has 5 heteroatoms. The number of rotatable bonds is 5. The SMILES string of the molecule is CN(C)c1ccc2sc(OCCN3CCCCC3)nc2c1. The van der Waals surface area contributed by atoms with Gasteiger partial charge in [-0.25, -0.2) is 4.98 Å². The monoisotopic (exact) mass is 305 g/mol. The van der Waals surface area contributed by atoms with Gasteiger partial charge in [-0.2, -0.15) is 0 Å². The van der Waals surface area contributed by atoms with Gasteiger partial charge in [-0.1, -0.05) is 17.8 Å². The van der Waals surface area contributed by atoms with Gasteiger partial charge in [0.15, 0.2) is 0 Å². The predicted molar refractivity (Wildman–Crippen MR) is 89.7 cm³/mol. The molecule has 1 saturated heterocycles. The fraction of sp³-hybridized carbons (Fsp3) is 0.562. The van der Waals surface area contributed by atoms with Gasteiger partial charge in [-0.05, 0) is 44.1 Å². The predicted octanol–water partition coefficient (Wildman–Crippen LogP) is 3.23. The first-order chi connectivity index (χ1) is 10.2. The molecule has 0 spiro atoms. The maximum Gasteiger partial charge on any atom is 0.274 e. The van der Waals surface area contributed by atoms with E-state index < -0.39 is 0 Å². The number of nitrogens with zero attached hydrogens (tertiary/aromatic N) is 3. The summed E-state index contributed by atoms with van der Waals surface area (Å²) in [4.78, 5) is 9.17. The second-order valence-corrected chi connectivity index (χ2v) is 6.77. The van der Waals surface area contributed by atoms with Crippen LogP contribution in [-0.4, -0.2) is 50.2 Å². The second-order valence-electron chi connectivity index (χ2n) is 5.78. The zero-order valence-corrected chi connectivity index (χ0v) is 13.7. The fourth-order valence-corrected chi connectivity index (χ4v) is 3.50. The number of thiazole rings is 1. The summed E-state index contributed by atoms with van der Waals surface area (Å²) in [6, 6.07) is 6.36. The number of fused-ring (bicyclic) bond motifs is 1. The van der Waals surface area contributed by atoms with Crippen molar-refractivity contribution in [1.29, 1.82) is 0 Å². The van der Waals surface area contributed by atoms with Crippen molar-refractivity contribution in [3.05, 3.63) is 18.2 Å². The summed E-state index contributed by atoms with van der Waals surface area (Å²) in [7, 11) is 4.09. The van der Waals surface area contributed by atoms with Gasteiger partial charge in [-0.15, -0.1) is 0 Å². The Bertz CT molecular complexity index is 590. The molecule has 114 valence electrons. The van der Waals surface area contributed by atoms with Crippen LogP contribution in [0.25, 0.3) is 10.2 Å². The Morgan fingerprint density at radius 2 is 2.05 bits per heavy atom. The molecule has 0 radical (unpaired) electrons. The molecule has 0 amide bonds. The maximum absolute atomic E-state index is 5.85. The highest BCUT2D eigenvalue weighted by Crippen LogP contribution is 2.30. The van der Waals surface area contributed by atoms with E-state index in [-0.39, 0.29) is 0 Å². The third-order valence-corrected chi connectivity index (χ3v) is 4.90. The zero-order valence-electron chi connectivity index (χ0n) is 12.8.